The number of thiazole rings is 1. The molecule has 0 spiro atoms. The molecule has 0 bridgehead atoms. The topological polar surface area (TPSA) is 87.6 Å². The van der Waals surface area contributed by atoms with Gasteiger partial charge in [0, 0.05) is 13.1 Å². The van der Waals surface area contributed by atoms with Gasteiger partial charge in [0.2, 0.25) is 0 Å². The number of nitrogens with zero attached hydrogens (tertiary/aromatic N) is 2. The van der Waals surface area contributed by atoms with Crippen molar-refractivity contribution in [3.05, 3.63) is 46.6 Å². The van der Waals surface area contributed by atoms with Gasteiger partial charge < -0.3 is 5.11 Å². The van der Waals surface area contributed by atoms with Gasteiger partial charge in [-0.05, 0) is 17.0 Å². The summed E-state index contributed by atoms with van der Waals surface area (Å²) in [5.74, 6) is -1.27. The first kappa shape index (κ1) is 15.1. The van der Waals surface area contributed by atoms with Crippen molar-refractivity contribution >= 4 is 27.3 Å². The highest BCUT2D eigenvalue weighted by Gasteiger charge is 2.35. The first-order chi connectivity index (χ1) is 10.4. The van der Waals surface area contributed by atoms with E-state index in [1.807, 2.05) is 31.2 Å². The Balaban J connectivity index is 2.01. The number of carbonyl (C=O) groups is 1. The van der Waals surface area contributed by atoms with Crippen LogP contribution in [0.1, 0.15) is 34.5 Å². The number of hydrogen-bond donors (Lipinski definition) is 1. The highest BCUT2D eigenvalue weighted by molar-refractivity contribution is 7.91. The van der Waals surface area contributed by atoms with Crippen LogP contribution in [-0.2, 0) is 16.6 Å². The van der Waals surface area contributed by atoms with Crippen LogP contribution in [-0.4, -0.2) is 35.3 Å². The van der Waals surface area contributed by atoms with E-state index in [1.54, 1.807) is 0 Å². The number of fused-ring (bicyclic) bond motifs is 1. The van der Waals surface area contributed by atoms with Crippen LogP contribution in [0.5, 0.6) is 0 Å². The lowest BCUT2D eigenvalue weighted by Crippen LogP contribution is -2.37. The molecule has 1 atom stereocenters. The molecule has 1 aromatic carbocycles. The van der Waals surface area contributed by atoms with Gasteiger partial charge in [0.1, 0.15) is 0 Å². The predicted molar refractivity (Wildman–Crippen MR) is 81.5 cm³/mol. The van der Waals surface area contributed by atoms with Gasteiger partial charge in [-0.3, -0.25) is 0 Å². The van der Waals surface area contributed by atoms with Crippen molar-refractivity contribution in [2.24, 2.45) is 0 Å². The molecule has 6 nitrogen and oxygen atoms in total. The Morgan fingerprint density at radius 2 is 2.14 bits per heavy atom. The van der Waals surface area contributed by atoms with Crippen LogP contribution < -0.4 is 0 Å². The average molecular weight is 338 g/mol. The maximum Gasteiger partial charge on any atom is 0.356 e. The third kappa shape index (κ3) is 2.43. The fourth-order valence-corrected chi connectivity index (χ4v) is 5.46. The molecule has 1 unspecified atom stereocenters. The molecular weight excluding hydrogens is 324 g/mol. The molecular formula is C14H14N2O4S2. The van der Waals surface area contributed by atoms with E-state index in [1.165, 1.54) is 9.82 Å². The van der Waals surface area contributed by atoms with Crippen molar-refractivity contribution in [1.82, 2.24) is 9.29 Å². The van der Waals surface area contributed by atoms with Gasteiger partial charge in [0.15, 0.2) is 9.90 Å². The van der Waals surface area contributed by atoms with Crippen LogP contribution >= 0.6 is 11.3 Å². The summed E-state index contributed by atoms with van der Waals surface area (Å²) in [5, 5.41) is 9.09. The molecule has 22 heavy (non-hydrogen) atoms. The van der Waals surface area contributed by atoms with Crippen molar-refractivity contribution in [3.63, 3.8) is 0 Å². The lowest BCUT2D eigenvalue weighted by molar-refractivity contribution is 0.0687. The average Bonchev–Trinajstić information content (AvgIpc) is 2.97. The minimum absolute atomic E-state index is 0.0564. The zero-order valence-electron chi connectivity index (χ0n) is 11.8. The summed E-state index contributed by atoms with van der Waals surface area (Å²) in [6, 6.07) is 7.71. The third-order valence-electron chi connectivity index (χ3n) is 3.72. The fraction of sp³-hybridized carbons (Fsp3) is 0.286. The summed E-state index contributed by atoms with van der Waals surface area (Å²) in [7, 11) is -3.86. The molecule has 0 aliphatic carbocycles. The van der Waals surface area contributed by atoms with Crippen molar-refractivity contribution < 1.29 is 18.3 Å². The smallest absolute Gasteiger partial charge is 0.356 e. The molecule has 2 aromatic rings. The Morgan fingerprint density at radius 1 is 1.41 bits per heavy atom. The second-order valence-electron chi connectivity index (χ2n) is 5.19. The zero-order chi connectivity index (χ0) is 15.9. The largest absolute Gasteiger partial charge is 0.476 e. The second kappa shape index (κ2) is 5.45. The molecule has 1 aliphatic rings. The van der Waals surface area contributed by atoms with Crippen LogP contribution in [0.25, 0.3) is 0 Å². The van der Waals surface area contributed by atoms with Gasteiger partial charge in [0.25, 0.3) is 10.0 Å². The second-order valence-corrected chi connectivity index (χ2v) is 8.18. The van der Waals surface area contributed by atoms with Crippen molar-refractivity contribution in [2.45, 2.75) is 23.6 Å². The first-order valence-corrected chi connectivity index (χ1v) is 8.98. The molecule has 8 heteroatoms. The summed E-state index contributed by atoms with van der Waals surface area (Å²) >= 11 is 0.839. The summed E-state index contributed by atoms with van der Waals surface area (Å²) < 4.78 is 26.7. The molecule has 0 fully saturated rings. The highest BCUT2D eigenvalue weighted by Crippen LogP contribution is 2.33. The molecule has 2 heterocycles. The maximum atomic E-state index is 12.8. The number of hydrogen-bond acceptors (Lipinski definition) is 5. The Kier molecular flexibility index (Phi) is 3.75. The number of carboxylic acid groups (broad SMARTS) is 1. The van der Waals surface area contributed by atoms with E-state index < -0.39 is 21.7 Å². The predicted octanol–water partition coefficient (Wildman–Crippen LogP) is 2.15. The molecule has 0 saturated carbocycles. The monoisotopic (exact) mass is 338 g/mol. The number of aromatic nitrogens is 1. The minimum Gasteiger partial charge on any atom is -0.476 e. The van der Waals surface area contributed by atoms with E-state index >= 15 is 0 Å². The summed E-state index contributed by atoms with van der Waals surface area (Å²) in [6.45, 7) is 2.54. The van der Waals surface area contributed by atoms with E-state index in [4.69, 9.17) is 5.11 Å². The Morgan fingerprint density at radius 3 is 2.86 bits per heavy atom. The molecule has 0 radical (unpaired) electrons. The quantitative estimate of drug-likeness (QED) is 0.926. The fourth-order valence-electron chi connectivity index (χ4n) is 2.68. The van der Waals surface area contributed by atoms with Gasteiger partial charge >= 0.3 is 5.97 Å². The number of sulfonamides is 1. The van der Waals surface area contributed by atoms with Crippen LogP contribution in [0.15, 0.2) is 34.0 Å². The van der Waals surface area contributed by atoms with Gasteiger partial charge in [-0.1, -0.05) is 31.2 Å². The molecule has 0 amide bonds. The SMILES string of the molecule is CC1CN(S(=O)(=O)c2scnc2C(=O)O)Cc2ccccc21. The molecule has 1 aromatic heterocycles. The number of aromatic carboxylic acids is 1. The molecule has 3 rings (SSSR count). The van der Waals surface area contributed by atoms with Crippen molar-refractivity contribution in [1.29, 1.82) is 0 Å². The Bertz CT molecular complexity index is 829. The minimum atomic E-state index is -3.86. The van der Waals surface area contributed by atoms with E-state index in [2.05, 4.69) is 4.98 Å². The molecule has 1 N–H and O–H groups in total. The summed E-state index contributed by atoms with van der Waals surface area (Å²) in [5.41, 5.74) is 2.93. The normalized spacial score (nSPS) is 18.9. The van der Waals surface area contributed by atoms with Gasteiger partial charge in [0.05, 0.1) is 5.51 Å². The van der Waals surface area contributed by atoms with Crippen LogP contribution in [0.2, 0.25) is 0 Å². The number of rotatable bonds is 3. The standard InChI is InChI=1S/C14H14N2O4S2/c1-9-6-16(7-10-4-2-3-5-11(9)10)22(19,20)14-12(13(17)18)15-8-21-14/h2-5,8-9H,6-7H2,1H3,(H,17,18). The van der Waals surface area contributed by atoms with E-state index in [9.17, 15) is 13.2 Å². The Labute approximate surface area is 132 Å². The molecule has 0 saturated heterocycles. The lowest BCUT2D eigenvalue weighted by Gasteiger charge is -2.31. The lowest BCUT2D eigenvalue weighted by atomic mass is 9.92. The maximum absolute atomic E-state index is 12.8. The number of benzene rings is 1. The van der Waals surface area contributed by atoms with E-state index in [0.717, 1.165) is 22.5 Å². The van der Waals surface area contributed by atoms with Crippen molar-refractivity contribution in [2.75, 3.05) is 6.54 Å². The van der Waals surface area contributed by atoms with Gasteiger partial charge in [-0.2, -0.15) is 4.31 Å². The van der Waals surface area contributed by atoms with Gasteiger partial charge in [-0.25, -0.2) is 18.2 Å². The molecule has 1 aliphatic heterocycles. The van der Waals surface area contributed by atoms with Crippen LogP contribution in [0, 0.1) is 0 Å². The van der Waals surface area contributed by atoms with Crippen LogP contribution in [0.3, 0.4) is 0 Å². The van der Waals surface area contributed by atoms with E-state index in [-0.39, 0.29) is 16.7 Å². The van der Waals surface area contributed by atoms with Gasteiger partial charge in [-0.15, -0.1) is 11.3 Å². The third-order valence-corrected chi connectivity index (χ3v) is 6.88. The zero-order valence-corrected chi connectivity index (χ0v) is 13.4. The van der Waals surface area contributed by atoms with E-state index in [0.29, 0.717) is 6.54 Å². The summed E-state index contributed by atoms with van der Waals surface area (Å²) in [6.07, 6.45) is 0. The Hall–Kier alpha value is -1.77. The number of carboxylic acids is 1. The summed E-state index contributed by atoms with van der Waals surface area (Å²) in [4.78, 5) is 14.8. The van der Waals surface area contributed by atoms with Crippen molar-refractivity contribution in [3.8, 4) is 0 Å². The highest BCUT2D eigenvalue weighted by atomic mass is 32.2. The first-order valence-electron chi connectivity index (χ1n) is 6.66. The van der Waals surface area contributed by atoms with Crippen LogP contribution in [0.4, 0.5) is 0 Å². The molecule has 116 valence electrons.